The molecule has 2 aliphatic heterocycles. The van der Waals surface area contributed by atoms with Crippen LogP contribution in [0.3, 0.4) is 0 Å². The van der Waals surface area contributed by atoms with E-state index in [4.69, 9.17) is 0 Å². The van der Waals surface area contributed by atoms with Gasteiger partial charge in [0.2, 0.25) is 5.91 Å². The number of carbonyl (C=O) groups is 3. The van der Waals surface area contributed by atoms with Crippen LogP contribution in [-0.4, -0.2) is 59.7 Å². The fourth-order valence-corrected chi connectivity index (χ4v) is 6.50. The number of fused-ring (bicyclic) bond motifs is 1. The Labute approximate surface area is 183 Å². The molecule has 0 unspecified atom stereocenters. The Morgan fingerprint density at radius 1 is 1.30 bits per heavy atom. The van der Waals surface area contributed by atoms with E-state index in [1.54, 1.807) is 0 Å². The second-order valence-electron chi connectivity index (χ2n) is 6.46. The SMILES string of the molecule is O=C(Cc1ccccc1)N[C@@H]1C(=O)N2C(C(=O)O)=C(Sc3snnc3CO)CS[C@H]12. The lowest BCUT2D eigenvalue weighted by Crippen LogP contribution is -2.70. The summed E-state index contributed by atoms with van der Waals surface area (Å²) in [4.78, 5) is 38.7. The van der Waals surface area contributed by atoms with Gasteiger partial charge in [0.25, 0.3) is 5.91 Å². The highest BCUT2D eigenvalue weighted by Gasteiger charge is 2.54. The first-order chi connectivity index (χ1) is 14.5. The third kappa shape index (κ3) is 3.95. The van der Waals surface area contributed by atoms with E-state index in [0.29, 0.717) is 20.6 Å². The molecule has 3 N–H and O–H groups in total. The number of hydrogen-bond donors (Lipinski definition) is 3. The molecule has 3 heterocycles. The smallest absolute Gasteiger partial charge is 0.353 e. The normalized spacial score (nSPS) is 20.6. The number of hydrogen-bond acceptors (Lipinski definition) is 9. The summed E-state index contributed by atoms with van der Waals surface area (Å²) in [7, 11) is 0. The first-order valence-electron chi connectivity index (χ1n) is 8.84. The number of β-lactam (4-membered cyclic amide) rings is 1. The second kappa shape index (κ2) is 8.76. The Hall–Kier alpha value is -2.41. The van der Waals surface area contributed by atoms with Crippen molar-refractivity contribution in [3.8, 4) is 0 Å². The maximum absolute atomic E-state index is 12.7. The minimum absolute atomic E-state index is 0.0976. The van der Waals surface area contributed by atoms with Crippen LogP contribution in [0.15, 0.2) is 45.1 Å². The van der Waals surface area contributed by atoms with Gasteiger partial charge in [0.05, 0.1) is 13.0 Å². The molecule has 30 heavy (non-hydrogen) atoms. The van der Waals surface area contributed by atoms with Crippen molar-refractivity contribution in [3.05, 3.63) is 52.2 Å². The minimum Gasteiger partial charge on any atom is -0.477 e. The van der Waals surface area contributed by atoms with Gasteiger partial charge in [0.15, 0.2) is 0 Å². The predicted molar refractivity (Wildman–Crippen MR) is 112 cm³/mol. The van der Waals surface area contributed by atoms with E-state index in [2.05, 4.69) is 14.9 Å². The number of carbonyl (C=O) groups excluding carboxylic acids is 2. The number of carboxylic acids is 1. The Morgan fingerprint density at radius 2 is 2.07 bits per heavy atom. The molecule has 0 bridgehead atoms. The van der Waals surface area contributed by atoms with Crippen LogP contribution in [0.4, 0.5) is 0 Å². The fourth-order valence-electron chi connectivity index (χ4n) is 3.16. The number of aliphatic hydroxyl groups excluding tert-OH is 1. The van der Waals surface area contributed by atoms with Crippen LogP contribution in [-0.2, 0) is 27.4 Å². The first-order valence-corrected chi connectivity index (χ1v) is 11.5. The standard InChI is InChI=1S/C18H16N4O5S3/c23-7-10-18(30-21-20-10)29-11-8-28-16-13(15(25)22(16)14(11)17(26)27)19-12(24)6-9-4-2-1-3-5-9/h1-5,13,16,23H,6-8H2,(H,19,24)(H,26,27)/t13-,16-/m1/s1. The van der Waals surface area contributed by atoms with Crippen LogP contribution in [0.5, 0.6) is 0 Å². The van der Waals surface area contributed by atoms with E-state index < -0.39 is 23.3 Å². The topological polar surface area (TPSA) is 133 Å². The molecule has 2 amide bonds. The number of nitrogens with zero attached hydrogens (tertiary/aromatic N) is 3. The molecule has 1 aromatic carbocycles. The summed E-state index contributed by atoms with van der Waals surface area (Å²) in [6.45, 7) is -0.303. The van der Waals surface area contributed by atoms with Crippen molar-refractivity contribution in [2.45, 2.75) is 28.7 Å². The Kier molecular flexibility index (Phi) is 6.09. The molecule has 1 fully saturated rings. The molecular weight excluding hydrogens is 448 g/mol. The molecule has 2 aliphatic rings. The summed E-state index contributed by atoms with van der Waals surface area (Å²) in [5, 5.41) is 25.1. The monoisotopic (exact) mass is 464 g/mol. The molecule has 0 spiro atoms. The van der Waals surface area contributed by atoms with Crippen LogP contribution in [0.2, 0.25) is 0 Å². The lowest BCUT2D eigenvalue weighted by Gasteiger charge is -2.49. The fraction of sp³-hybridized carbons (Fsp3) is 0.278. The molecule has 1 saturated heterocycles. The highest BCUT2D eigenvalue weighted by Crippen LogP contribution is 2.46. The zero-order valence-electron chi connectivity index (χ0n) is 15.3. The first kappa shape index (κ1) is 20.8. The third-order valence-electron chi connectivity index (χ3n) is 4.55. The average molecular weight is 465 g/mol. The van der Waals surface area contributed by atoms with E-state index in [-0.39, 0.29) is 24.6 Å². The molecule has 0 saturated carbocycles. The van der Waals surface area contributed by atoms with E-state index in [1.165, 1.54) is 16.7 Å². The van der Waals surface area contributed by atoms with Gasteiger partial charge in [-0.15, -0.1) is 16.9 Å². The molecular formula is C18H16N4O5S3. The quantitative estimate of drug-likeness (QED) is 0.515. The van der Waals surface area contributed by atoms with Gasteiger partial charge >= 0.3 is 5.97 Å². The molecule has 2 atom stereocenters. The van der Waals surface area contributed by atoms with Gasteiger partial charge in [-0.05, 0) is 17.1 Å². The number of nitrogens with one attached hydrogen (secondary N) is 1. The Bertz CT molecular complexity index is 1030. The molecule has 156 valence electrons. The van der Waals surface area contributed by atoms with Crippen molar-refractivity contribution in [2.24, 2.45) is 0 Å². The van der Waals surface area contributed by atoms with Gasteiger partial charge in [-0.2, -0.15) is 0 Å². The van der Waals surface area contributed by atoms with Crippen molar-refractivity contribution in [1.82, 2.24) is 19.8 Å². The zero-order chi connectivity index (χ0) is 21.3. The lowest BCUT2D eigenvalue weighted by atomic mass is 10.0. The predicted octanol–water partition coefficient (Wildman–Crippen LogP) is 1.06. The van der Waals surface area contributed by atoms with Crippen LogP contribution in [0.1, 0.15) is 11.3 Å². The number of aromatic nitrogens is 2. The van der Waals surface area contributed by atoms with Crippen molar-refractivity contribution >= 4 is 52.8 Å². The number of aliphatic hydroxyl groups is 1. The summed E-state index contributed by atoms with van der Waals surface area (Å²) in [5.74, 6) is -1.60. The van der Waals surface area contributed by atoms with Gasteiger partial charge in [-0.3, -0.25) is 14.5 Å². The van der Waals surface area contributed by atoms with E-state index in [1.807, 2.05) is 30.3 Å². The van der Waals surface area contributed by atoms with Crippen LogP contribution < -0.4 is 5.32 Å². The number of rotatable bonds is 7. The number of amides is 2. The van der Waals surface area contributed by atoms with Gasteiger partial charge in [-0.25, -0.2) is 4.79 Å². The summed E-state index contributed by atoms with van der Waals surface area (Å²) in [6, 6.07) is 8.42. The Balaban J connectivity index is 1.49. The lowest BCUT2D eigenvalue weighted by molar-refractivity contribution is -0.150. The molecule has 4 rings (SSSR count). The van der Waals surface area contributed by atoms with Crippen molar-refractivity contribution in [2.75, 3.05) is 5.75 Å². The molecule has 2 aromatic rings. The molecule has 1 aromatic heterocycles. The maximum atomic E-state index is 12.7. The number of carboxylic acid groups (broad SMARTS) is 1. The van der Waals surface area contributed by atoms with Crippen molar-refractivity contribution < 1.29 is 24.6 Å². The second-order valence-corrected chi connectivity index (χ2v) is 9.68. The largest absolute Gasteiger partial charge is 0.477 e. The number of thioether (sulfide) groups is 2. The highest BCUT2D eigenvalue weighted by atomic mass is 32.2. The molecule has 12 heteroatoms. The van der Waals surface area contributed by atoms with Crippen LogP contribution in [0, 0.1) is 0 Å². The van der Waals surface area contributed by atoms with E-state index in [0.717, 1.165) is 28.9 Å². The number of aliphatic carboxylic acids is 1. The van der Waals surface area contributed by atoms with Gasteiger partial charge in [-0.1, -0.05) is 46.6 Å². The summed E-state index contributed by atoms with van der Waals surface area (Å²) < 4.78 is 4.37. The van der Waals surface area contributed by atoms with Crippen molar-refractivity contribution in [3.63, 3.8) is 0 Å². The van der Waals surface area contributed by atoms with Gasteiger partial charge < -0.3 is 15.5 Å². The zero-order valence-corrected chi connectivity index (χ0v) is 17.8. The van der Waals surface area contributed by atoms with Crippen molar-refractivity contribution in [1.29, 1.82) is 0 Å². The van der Waals surface area contributed by atoms with E-state index in [9.17, 15) is 24.6 Å². The maximum Gasteiger partial charge on any atom is 0.353 e. The highest BCUT2D eigenvalue weighted by molar-refractivity contribution is 8.07. The van der Waals surface area contributed by atoms with E-state index >= 15 is 0 Å². The minimum atomic E-state index is -1.21. The molecule has 0 aliphatic carbocycles. The van der Waals surface area contributed by atoms with Gasteiger partial charge in [0, 0.05) is 10.7 Å². The third-order valence-corrected chi connectivity index (χ3v) is 8.05. The van der Waals surface area contributed by atoms with Crippen LogP contribution in [0.25, 0.3) is 0 Å². The molecule has 9 nitrogen and oxygen atoms in total. The summed E-state index contributed by atoms with van der Waals surface area (Å²) in [5.41, 5.74) is 1.10. The summed E-state index contributed by atoms with van der Waals surface area (Å²) >= 11 is 3.59. The molecule has 0 radical (unpaired) electrons. The number of benzene rings is 1. The Morgan fingerprint density at radius 3 is 2.77 bits per heavy atom. The average Bonchev–Trinajstić information content (AvgIpc) is 3.19. The van der Waals surface area contributed by atoms with Crippen LogP contribution >= 0.6 is 35.1 Å². The van der Waals surface area contributed by atoms with Gasteiger partial charge in [0.1, 0.15) is 27.0 Å². The summed E-state index contributed by atoms with van der Waals surface area (Å²) in [6.07, 6.45) is 0.146.